The molecule has 0 saturated carbocycles. The average molecular weight is 451 g/mol. The van der Waals surface area contributed by atoms with E-state index in [1.165, 1.54) is 27.4 Å². The van der Waals surface area contributed by atoms with Crippen molar-refractivity contribution in [3.8, 4) is 0 Å². The third-order valence-corrected chi connectivity index (χ3v) is 7.38. The number of rotatable bonds is 3. The molecule has 1 fully saturated rings. The lowest BCUT2D eigenvalue weighted by molar-refractivity contribution is 0.184. The van der Waals surface area contributed by atoms with Crippen molar-refractivity contribution in [3.63, 3.8) is 0 Å². The molecule has 1 aromatic heterocycles. The molecular weight excluding hydrogens is 431 g/mol. The quantitative estimate of drug-likeness (QED) is 0.663. The molecule has 1 N–H and O–H groups in total. The normalized spacial score (nSPS) is 15.5. The highest BCUT2D eigenvalue weighted by Crippen LogP contribution is 2.24. The first-order valence-corrected chi connectivity index (χ1v) is 11.1. The van der Waals surface area contributed by atoms with E-state index in [1.807, 2.05) is 23.9 Å². The molecule has 2 aromatic carbocycles. The number of aromatic nitrogens is 1. The van der Waals surface area contributed by atoms with Crippen molar-refractivity contribution in [3.05, 3.63) is 59.5 Å². The second-order valence-electron chi connectivity index (χ2n) is 7.10. The van der Waals surface area contributed by atoms with Gasteiger partial charge in [0, 0.05) is 56.0 Å². The number of anilines is 1. The van der Waals surface area contributed by atoms with Gasteiger partial charge in [0.25, 0.3) is 0 Å². The van der Waals surface area contributed by atoms with Crippen LogP contribution in [0.25, 0.3) is 10.9 Å². The van der Waals surface area contributed by atoms with Crippen molar-refractivity contribution in [1.82, 2.24) is 13.8 Å². The van der Waals surface area contributed by atoms with Crippen LogP contribution in [0.2, 0.25) is 5.02 Å². The SMILES string of the molecule is Cn1ccc2cc(S(=O)(=O)N3CCN(C(=O)Nc4ccc(F)c(Cl)c4)CC3)ccc21. The van der Waals surface area contributed by atoms with Gasteiger partial charge in [0.15, 0.2) is 0 Å². The Balaban J connectivity index is 1.42. The number of fused-ring (bicyclic) bond motifs is 1. The van der Waals surface area contributed by atoms with Gasteiger partial charge in [0.1, 0.15) is 5.82 Å². The number of carbonyl (C=O) groups excluding carboxylic acids is 1. The number of urea groups is 1. The molecule has 2 amide bonds. The minimum Gasteiger partial charge on any atom is -0.351 e. The van der Waals surface area contributed by atoms with E-state index in [-0.39, 0.29) is 42.1 Å². The summed E-state index contributed by atoms with van der Waals surface area (Å²) in [6, 6.07) is 10.5. The van der Waals surface area contributed by atoms with E-state index in [9.17, 15) is 17.6 Å². The van der Waals surface area contributed by atoms with E-state index < -0.39 is 15.8 Å². The number of aryl methyl sites for hydroxylation is 1. The van der Waals surface area contributed by atoms with Crippen LogP contribution in [0.3, 0.4) is 0 Å². The van der Waals surface area contributed by atoms with Crippen molar-refractivity contribution >= 4 is 44.2 Å². The molecule has 0 atom stereocenters. The van der Waals surface area contributed by atoms with Crippen LogP contribution in [0, 0.1) is 5.82 Å². The van der Waals surface area contributed by atoms with Crippen molar-refractivity contribution in [2.24, 2.45) is 7.05 Å². The van der Waals surface area contributed by atoms with E-state index in [4.69, 9.17) is 11.6 Å². The summed E-state index contributed by atoms with van der Waals surface area (Å²) in [5, 5.41) is 3.42. The zero-order valence-electron chi connectivity index (χ0n) is 16.2. The summed E-state index contributed by atoms with van der Waals surface area (Å²) >= 11 is 5.73. The van der Waals surface area contributed by atoms with Crippen LogP contribution in [-0.2, 0) is 17.1 Å². The van der Waals surface area contributed by atoms with E-state index in [1.54, 1.807) is 18.2 Å². The molecule has 2 heterocycles. The van der Waals surface area contributed by atoms with Gasteiger partial charge in [-0.05, 0) is 42.5 Å². The van der Waals surface area contributed by atoms with E-state index in [0.717, 1.165) is 10.9 Å². The predicted molar refractivity (Wildman–Crippen MR) is 114 cm³/mol. The van der Waals surface area contributed by atoms with Gasteiger partial charge in [0.05, 0.1) is 9.92 Å². The number of halogens is 2. The molecule has 1 aliphatic heterocycles. The molecular formula is C20H20ClFN4O3S. The highest BCUT2D eigenvalue weighted by molar-refractivity contribution is 7.89. The van der Waals surface area contributed by atoms with Crippen LogP contribution in [0.4, 0.5) is 14.9 Å². The Morgan fingerprint density at radius 2 is 1.80 bits per heavy atom. The Bertz CT molecular complexity index is 1220. The smallest absolute Gasteiger partial charge is 0.321 e. The molecule has 7 nitrogen and oxygen atoms in total. The minimum atomic E-state index is -3.66. The number of amides is 2. The molecule has 4 rings (SSSR count). The lowest BCUT2D eigenvalue weighted by atomic mass is 10.2. The molecule has 0 bridgehead atoms. The molecule has 0 aliphatic carbocycles. The topological polar surface area (TPSA) is 74.7 Å². The molecule has 0 radical (unpaired) electrons. The average Bonchev–Trinajstić information content (AvgIpc) is 3.11. The fourth-order valence-electron chi connectivity index (χ4n) is 3.48. The number of sulfonamides is 1. The van der Waals surface area contributed by atoms with Gasteiger partial charge in [-0.2, -0.15) is 4.31 Å². The molecule has 3 aromatic rings. The van der Waals surface area contributed by atoms with Gasteiger partial charge in [0.2, 0.25) is 10.0 Å². The van der Waals surface area contributed by atoms with Crippen LogP contribution < -0.4 is 5.32 Å². The van der Waals surface area contributed by atoms with E-state index in [2.05, 4.69) is 5.32 Å². The monoisotopic (exact) mass is 450 g/mol. The molecule has 158 valence electrons. The Kier molecular flexibility index (Phi) is 5.44. The molecule has 1 saturated heterocycles. The van der Waals surface area contributed by atoms with Crippen molar-refractivity contribution in [1.29, 1.82) is 0 Å². The van der Waals surface area contributed by atoms with Crippen LogP contribution in [0.1, 0.15) is 0 Å². The third-order valence-electron chi connectivity index (χ3n) is 5.19. The Hall–Kier alpha value is -2.62. The van der Waals surface area contributed by atoms with Crippen LogP contribution >= 0.6 is 11.6 Å². The van der Waals surface area contributed by atoms with Crippen molar-refractivity contribution in [2.45, 2.75) is 4.90 Å². The maximum absolute atomic E-state index is 13.3. The molecule has 10 heteroatoms. The number of piperazine rings is 1. The molecule has 0 spiro atoms. The largest absolute Gasteiger partial charge is 0.351 e. The maximum atomic E-state index is 13.3. The zero-order chi connectivity index (χ0) is 21.5. The highest BCUT2D eigenvalue weighted by Gasteiger charge is 2.30. The fourth-order valence-corrected chi connectivity index (χ4v) is 5.12. The zero-order valence-corrected chi connectivity index (χ0v) is 17.8. The summed E-state index contributed by atoms with van der Waals surface area (Å²) in [5.74, 6) is -0.567. The molecule has 30 heavy (non-hydrogen) atoms. The number of nitrogens with zero attached hydrogens (tertiary/aromatic N) is 3. The van der Waals surface area contributed by atoms with Crippen LogP contribution in [-0.4, -0.2) is 54.4 Å². The number of nitrogens with one attached hydrogen (secondary N) is 1. The van der Waals surface area contributed by atoms with Gasteiger partial charge in [-0.1, -0.05) is 11.6 Å². The Morgan fingerprint density at radius 1 is 1.07 bits per heavy atom. The van der Waals surface area contributed by atoms with Crippen molar-refractivity contribution < 1.29 is 17.6 Å². The number of hydrogen-bond acceptors (Lipinski definition) is 3. The summed E-state index contributed by atoms with van der Waals surface area (Å²) in [7, 11) is -1.75. The summed E-state index contributed by atoms with van der Waals surface area (Å²) in [4.78, 5) is 14.2. The highest BCUT2D eigenvalue weighted by atomic mass is 35.5. The van der Waals surface area contributed by atoms with Gasteiger partial charge in [-0.3, -0.25) is 0 Å². The minimum absolute atomic E-state index is 0.0842. The van der Waals surface area contributed by atoms with Crippen molar-refractivity contribution in [2.75, 3.05) is 31.5 Å². The van der Waals surface area contributed by atoms with Gasteiger partial charge >= 0.3 is 6.03 Å². The van der Waals surface area contributed by atoms with Gasteiger partial charge in [-0.25, -0.2) is 17.6 Å². The number of carbonyl (C=O) groups is 1. The second kappa shape index (κ2) is 7.90. The first-order chi connectivity index (χ1) is 14.3. The Labute approximate surface area is 178 Å². The van der Waals surface area contributed by atoms with E-state index >= 15 is 0 Å². The summed E-state index contributed by atoms with van der Waals surface area (Å²) in [6.07, 6.45) is 1.88. The maximum Gasteiger partial charge on any atom is 0.321 e. The van der Waals surface area contributed by atoms with E-state index in [0.29, 0.717) is 5.69 Å². The van der Waals surface area contributed by atoms with Gasteiger partial charge < -0.3 is 14.8 Å². The number of hydrogen-bond donors (Lipinski definition) is 1. The van der Waals surface area contributed by atoms with Crippen LogP contribution in [0.15, 0.2) is 53.6 Å². The molecule has 1 aliphatic rings. The lowest BCUT2D eigenvalue weighted by Gasteiger charge is -2.34. The molecule has 0 unspecified atom stereocenters. The standard InChI is InChI=1S/C20H20ClFN4O3S/c1-24-7-6-14-12-16(3-5-19(14)24)30(28,29)26-10-8-25(9-11-26)20(27)23-15-2-4-18(22)17(21)13-15/h2-7,12-13H,8-11H2,1H3,(H,23,27). The van der Waals surface area contributed by atoms with Crippen LogP contribution in [0.5, 0.6) is 0 Å². The van der Waals surface area contributed by atoms with Gasteiger partial charge in [-0.15, -0.1) is 0 Å². The third kappa shape index (κ3) is 3.88. The Morgan fingerprint density at radius 3 is 2.50 bits per heavy atom. The number of benzene rings is 2. The summed E-state index contributed by atoms with van der Waals surface area (Å²) in [5.41, 5.74) is 1.33. The first-order valence-electron chi connectivity index (χ1n) is 9.32. The second-order valence-corrected chi connectivity index (χ2v) is 9.44. The first kappa shape index (κ1) is 20.6. The summed E-state index contributed by atoms with van der Waals surface area (Å²) in [6.45, 7) is 0.862. The predicted octanol–water partition coefficient (Wildman–Crippen LogP) is 3.51. The fraction of sp³-hybridized carbons (Fsp3) is 0.250. The lowest BCUT2D eigenvalue weighted by Crippen LogP contribution is -2.51. The summed E-state index contributed by atoms with van der Waals surface area (Å²) < 4.78 is 42.6.